The molecule has 0 saturated carbocycles. The van der Waals surface area contributed by atoms with Gasteiger partial charge in [-0.05, 0) is 52.3 Å². The van der Waals surface area contributed by atoms with Gasteiger partial charge in [-0.15, -0.1) is 0 Å². The van der Waals surface area contributed by atoms with Crippen molar-refractivity contribution in [3.05, 3.63) is 29.8 Å². The maximum Gasteiger partial charge on any atom is 0.412 e. The molecule has 24 heavy (non-hydrogen) atoms. The van der Waals surface area contributed by atoms with E-state index >= 15 is 0 Å². The van der Waals surface area contributed by atoms with Gasteiger partial charge in [0.25, 0.3) is 0 Å². The quantitative estimate of drug-likeness (QED) is 0.887. The van der Waals surface area contributed by atoms with E-state index in [4.69, 9.17) is 18.9 Å². The minimum Gasteiger partial charge on any atom is -0.444 e. The van der Waals surface area contributed by atoms with Crippen LogP contribution in [0.2, 0.25) is 0 Å². The van der Waals surface area contributed by atoms with Crippen molar-refractivity contribution in [1.82, 2.24) is 0 Å². The Kier molecular flexibility index (Phi) is 5.85. The van der Waals surface area contributed by atoms with Crippen LogP contribution in [0.3, 0.4) is 0 Å². The van der Waals surface area contributed by atoms with Crippen LogP contribution in [0.15, 0.2) is 24.3 Å². The molecule has 0 radical (unpaired) electrons. The maximum absolute atomic E-state index is 11.7. The second-order valence-electron chi connectivity index (χ2n) is 7.29. The molecule has 134 valence electrons. The third-order valence-electron chi connectivity index (χ3n) is 3.24. The molecular weight excluding hydrogens is 310 g/mol. The third-order valence-corrected chi connectivity index (χ3v) is 3.24. The summed E-state index contributed by atoms with van der Waals surface area (Å²) in [6.07, 6.45) is -0.499. The molecule has 0 aromatic heterocycles. The number of ether oxygens (including phenoxy) is 4. The fraction of sp³-hybridized carbons (Fsp3) is 0.611. The predicted molar refractivity (Wildman–Crippen MR) is 90.9 cm³/mol. The lowest BCUT2D eigenvalue weighted by Crippen LogP contribution is -2.27. The lowest BCUT2D eigenvalue weighted by molar-refractivity contribution is -0.145. The van der Waals surface area contributed by atoms with Gasteiger partial charge in [-0.1, -0.05) is 12.1 Å². The minimum atomic E-state index is -0.525. The molecule has 0 bridgehead atoms. The highest BCUT2D eigenvalue weighted by Crippen LogP contribution is 2.22. The average Bonchev–Trinajstić information content (AvgIpc) is 2.78. The number of anilines is 1. The highest BCUT2D eigenvalue weighted by atomic mass is 16.7. The van der Waals surface area contributed by atoms with Gasteiger partial charge in [0.2, 0.25) is 0 Å². The fourth-order valence-corrected chi connectivity index (χ4v) is 2.26. The Labute approximate surface area is 143 Å². The van der Waals surface area contributed by atoms with Gasteiger partial charge in [-0.3, -0.25) is 5.32 Å². The normalized spacial score (nSPS) is 20.0. The van der Waals surface area contributed by atoms with Gasteiger partial charge in [-0.2, -0.15) is 0 Å². The van der Waals surface area contributed by atoms with Crippen molar-refractivity contribution >= 4 is 11.8 Å². The smallest absolute Gasteiger partial charge is 0.412 e. The van der Waals surface area contributed by atoms with Crippen LogP contribution < -0.4 is 5.32 Å². The van der Waals surface area contributed by atoms with Gasteiger partial charge in [0.05, 0.1) is 19.8 Å². The Balaban J connectivity index is 1.73. The largest absolute Gasteiger partial charge is 0.444 e. The van der Waals surface area contributed by atoms with Crippen molar-refractivity contribution in [2.24, 2.45) is 0 Å². The molecule has 6 heteroatoms. The number of carbonyl (C=O) groups excluding carboxylic acids is 1. The van der Waals surface area contributed by atoms with E-state index in [9.17, 15) is 4.79 Å². The van der Waals surface area contributed by atoms with Crippen LogP contribution in [0.4, 0.5) is 10.5 Å². The number of benzene rings is 1. The van der Waals surface area contributed by atoms with E-state index in [-0.39, 0.29) is 6.10 Å². The van der Waals surface area contributed by atoms with Crippen LogP contribution in [-0.4, -0.2) is 36.8 Å². The molecule has 1 saturated heterocycles. The van der Waals surface area contributed by atoms with Crippen molar-refractivity contribution in [2.75, 3.05) is 18.5 Å². The third kappa shape index (κ3) is 6.47. The van der Waals surface area contributed by atoms with E-state index in [1.807, 2.05) is 58.9 Å². The second kappa shape index (κ2) is 7.51. The second-order valence-corrected chi connectivity index (χ2v) is 7.29. The van der Waals surface area contributed by atoms with Gasteiger partial charge in [0.1, 0.15) is 11.7 Å². The van der Waals surface area contributed by atoms with E-state index < -0.39 is 17.5 Å². The number of nitrogens with one attached hydrogen (secondary N) is 1. The number of carbonyl (C=O) groups is 1. The first-order chi connectivity index (χ1) is 11.1. The topological polar surface area (TPSA) is 66.0 Å². The number of hydrogen-bond donors (Lipinski definition) is 1. The Morgan fingerprint density at radius 2 is 1.96 bits per heavy atom. The zero-order chi connectivity index (χ0) is 17.8. The maximum atomic E-state index is 11.7. The summed E-state index contributed by atoms with van der Waals surface area (Å²) in [5.74, 6) is -0.525. The molecule has 1 amide bonds. The van der Waals surface area contributed by atoms with Crippen LogP contribution in [0.5, 0.6) is 0 Å². The summed E-state index contributed by atoms with van der Waals surface area (Å²) in [6.45, 7) is 10.8. The van der Waals surface area contributed by atoms with Crippen LogP contribution in [0.25, 0.3) is 0 Å². The Morgan fingerprint density at radius 3 is 2.50 bits per heavy atom. The number of rotatable bonds is 5. The van der Waals surface area contributed by atoms with Crippen LogP contribution in [0.1, 0.15) is 40.2 Å². The van der Waals surface area contributed by atoms with Gasteiger partial charge in [-0.25, -0.2) is 4.79 Å². The molecule has 1 aliphatic rings. The molecular formula is C18H27NO5. The summed E-state index contributed by atoms with van der Waals surface area (Å²) >= 11 is 0. The monoisotopic (exact) mass is 337 g/mol. The van der Waals surface area contributed by atoms with E-state index in [1.165, 1.54) is 0 Å². The zero-order valence-corrected chi connectivity index (χ0v) is 15.0. The molecule has 1 aliphatic heterocycles. The fourth-order valence-electron chi connectivity index (χ4n) is 2.26. The van der Waals surface area contributed by atoms with Crippen LogP contribution in [0, 0.1) is 0 Å². The highest BCUT2D eigenvalue weighted by molar-refractivity contribution is 5.84. The average molecular weight is 337 g/mol. The molecule has 0 spiro atoms. The Hall–Kier alpha value is -1.63. The number of amides is 1. The molecule has 2 rings (SSSR count). The highest BCUT2D eigenvalue weighted by Gasteiger charge is 2.32. The van der Waals surface area contributed by atoms with Crippen molar-refractivity contribution < 1.29 is 23.7 Å². The van der Waals surface area contributed by atoms with Gasteiger partial charge >= 0.3 is 6.09 Å². The summed E-state index contributed by atoms with van der Waals surface area (Å²) in [7, 11) is 0. The molecule has 6 nitrogen and oxygen atoms in total. The summed E-state index contributed by atoms with van der Waals surface area (Å²) in [5.41, 5.74) is 1.18. The van der Waals surface area contributed by atoms with Crippen molar-refractivity contribution in [2.45, 2.75) is 58.7 Å². The SMILES string of the molecule is CC(C)(C)OC(=O)Nc1ccc(COC[C@H]2COC(C)(C)O2)cc1. The van der Waals surface area contributed by atoms with E-state index in [0.29, 0.717) is 25.5 Å². The molecule has 1 aromatic carbocycles. The van der Waals surface area contributed by atoms with Crippen molar-refractivity contribution in [3.8, 4) is 0 Å². The first-order valence-electron chi connectivity index (χ1n) is 8.11. The molecule has 1 N–H and O–H groups in total. The van der Waals surface area contributed by atoms with E-state index in [1.54, 1.807) is 0 Å². The van der Waals surface area contributed by atoms with Crippen LogP contribution >= 0.6 is 0 Å². The first kappa shape index (κ1) is 18.7. The summed E-state index contributed by atoms with van der Waals surface area (Å²) in [6, 6.07) is 7.45. The van der Waals surface area contributed by atoms with Crippen LogP contribution in [-0.2, 0) is 25.6 Å². The standard InChI is InChI=1S/C18H27NO5/c1-17(2,3)24-16(20)19-14-8-6-13(7-9-14)10-21-11-15-12-22-18(4,5)23-15/h6-9,15H,10-12H2,1-5H3,(H,19,20)/t15-/m0/s1. The van der Waals surface area contributed by atoms with Gasteiger partial charge in [0, 0.05) is 5.69 Å². The number of hydrogen-bond acceptors (Lipinski definition) is 5. The summed E-state index contributed by atoms with van der Waals surface area (Å²) < 4.78 is 22.0. The van der Waals surface area contributed by atoms with Crippen molar-refractivity contribution in [3.63, 3.8) is 0 Å². The lowest BCUT2D eigenvalue weighted by Gasteiger charge is -2.19. The molecule has 1 aromatic rings. The molecule has 1 heterocycles. The van der Waals surface area contributed by atoms with Gasteiger partial charge in [0.15, 0.2) is 5.79 Å². The molecule has 1 fully saturated rings. The molecule has 1 atom stereocenters. The molecule has 0 aliphatic carbocycles. The first-order valence-corrected chi connectivity index (χ1v) is 8.11. The Bertz CT molecular complexity index is 548. The summed E-state index contributed by atoms with van der Waals surface area (Å²) in [4.78, 5) is 11.7. The predicted octanol–water partition coefficient (Wildman–Crippen LogP) is 3.70. The minimum absolute atomic E-state index is 0.0342. The lowest BCUT2D eigenvalue weighted by atomic mass is 10.2. The van der Waals surface area contributed by atoms with Crippen molar-refractivity contribution in [1.29, 1.82) is 0 Å². The summed E-state index contributed by atoms with van der Waals surface area (Å²) in [5, 5.41) is 2.70. The Morgan fingerprint density at radius 1 is 1.29 bits per heavy atom. The van der Waals surface area contributed by atoms with E-state index in [2.05, 4.69) is 5.32 Å². The zero-order valence-electron chi connectivity index (χ0n) is 15.0. The van der Waals surface area contributed by atoms with Gasteiger partial charge < -0.3 is 18.9 Å². The van der Waals surface area contributed by atoms with E-state index in [0.717, 1.165) is 5.56 Å². The molecule has 0 unspecified atom stereocenters.